The molecule has 1 saturated heterocycles. The van der Waals surface area contributed by atoms with Gasteiger partial charge in [-0.2, -0.15) is 0 Å². The van der Waals surface area contributed by atoms with E-state index in [1.54, 1.807) is 43.3 Å². The summed E-state index contributed by atoms with van der Waals surface area (Å²) >= 11 is 6.28. The zero-order valence-corrected chi connectivity index (χ0v) is 18.5. The first-order valence-corrected chi connectivity index (χ1v) is 10.3. The van der Waals surface area contributed by atoms with Crippen molar-refractivity contribution in [3.05, 3.63) is 87.9 Å². The average molecular weight is 466 g/mol. The molecular weight excluding hydrogens is 446 g/mol. The molecule has 0 bridgehead atoms. The number of aryl methyl sites for hydroxylation is 1. The van der Waals surface area contributed by atoms with Crippen LogP contribution in [0.3, 0.4) is 0 Å². The van der Waals surface area contributed by atoms with E-state index >= 15 is 0 Å². The molecule has 8 heteroatoms. The number of aliphatic hydroxyl groups is 1. The summed E-state index contributed by atoms with van der Waals surface area (Å²) in [5, 5.41) is 32.0. The lowest BCUT2D eigenvalue weighted by Gasteiger charge is -2.26. The predicted octanol–water partition coefficient (Wildman–Crippen LogP) is 4.69. The molecule has 3 aromatic rings. The van der Waals surface area contributed by atoms with Crippen LogP contribution in [0.4, 0.5) is 5.69 Å². The van der Waals surface area contributed by atoms with Crippen LogP contribution in [0.5, 0.6) is 17.2 Å². The van der Waals surface area contributed by atoms with Gasteiger partial charge in [-0.15, -0.1) is 0 Å². The Balaban J connectivity index is 2.04. The molecule has 0 saturated carbocycles. The maximum Gasteiger partial charge on any atom is 0.300 e. The van der Waals surface area contributed by atoms with E-state index in [-0.39, 0.29) is 39.1 Å². The quantitative estimate of drug-likeness (QED) is 0.293. The number of anilines is 1. The van der Waals surface area contributed by atoms with Crippen LogP contribution in [0.2, 0.25) is 5.02 Å². The van der Waals surface area contributed by atoms with Crippen LogP contribution >= 0.6 is 11.6 Å². The third kappa shape index (κ3) is 3.76. The molecule has 0 radical (unpaired) electrons. The minimum absolute atomic E-state index is 0.0845. The molecule has 4 rings (SSSR count). The molecule has 0 aliphatic carbocycles. The average Bonchev–Trinajstić information content (AvgIpc) is 3.04. The van der Waals surface area contributed by atoms with Crippen molar-refractivity contribution < 1.29 is 29.6 Å². The molecule has 168 valence electrons. The number of halogens is 1. The number of Topliss-reactive ketones (excluding diaryl/α,β-unsaturated/α-hetero) is 1. The van der Waals surface area contributed by atoms with Gasteiger partial charge in [0.1, 0.15) is 23.0 Å². The van der Waals surface area contributed by atoms with Crippen molar-refractivity contribution in [3.8, 4) is 17.2 Å². The highest BCUT2D eigenvalue weighted by Gasteiger charge is 2.48. The first-order chi connectivity index (χ1) is 15.7. The number of hydrogen-bond donors (Lipinski definition) is 3. The molecule has 33 heavy (non-hydrogen) atoms. The molecule has 1 aliphatic heterocycles. The van der Waals surface area contributed by atoms with Crippen LogP contribution in [0.25, 0.3) is 5.76 Å². The third-order valence-electron chi connectivity index (χ3n) is 5.42. The summed E-state index contributed by atoms with van der Waals surface area (Å²) in [4.78, 5) is 27.5. The van der Waals surface area contributed by atoms with Crippen LogP contribution < -0.4 is 9.64 Å². The van der Waals surface area contributed by atoms with Crippen molar-refractivity contribution in [3.63, 3.8) is 0 Å². The Bertz CT molecular complexity index is 1320. The number of rotatable bonds is 4. The van der Waals surface area contributed by atoms with Gasteiger partial charge in [-0.3, -0.25) is 14.5 Å². The summed E-state index contributed by atoms with van der Waals surface area (Å²) in [6, 6.07) is 14.2. The van der Waals surface area contributed by atoms with E-state index in [2.05, 4.69) is 0 Å². The minimum atomic E-state index is -1.13. The van der Waals surface area contributed by atoms with Crippen molar-refractivity contribution in [1.82, 2.24) is 0 Å². The number of aliphatic hydroxyl groups excluding tert-OH is 1. The minimum Gasteiger partial charge on any atom is -0.508 e. The van der Waals surface area contributed by atoms with E-state index in [1.165, 1.54) is 31.4 Å². The first-order valence-electron chi connectivity index (χ1n) is 9.97. The molecule has 3 aromatic carbocycles. The van der Waals surface area contributed by atoms with Crippen molar-refractivity contribution in [1.29, 1.82) is 0 Å². The monoisotopic (exact) mass is 465 g/mol. The molecular formula is C25H20ClNO6. The molecule has 7 nitrogen and oxygen atoms in total. The van der Waals surface area contributed by atoms with Gasteiger partial charge in [0.05, 0.1) is 35.0 Å². The Morgan fingerprint density at radius 1 is 1.03 bits per heavy atom. The molecule has 0 spiro atoms. The Morgan fingerprint density at radius 3 is 2.42 bits per heavy atom. The van der Waals surface area contributed by atoms with Crippen LogP contribution in [0, 0.1) is 6.92 Å². The first kappa shape index (κ1) is 22.2. The maximum atomic E-state index is 13.2. The number of phenols is 2. The van der Waals surface area contributed by atoms with Gasteiger partial charge in [-0.25, -0.2) is 0 Å². The van der Waals surface area contributed by atoms with Gasteiger partial charge < -0.3 is 20.1 Å². The number of benzene rings is 3. The highest BCUT2D eigenvalue weighted by atomic mass is 35.5. The van der Waals surface area contributed by atoms with E-state index in [0.717, 1.165) is 4.90 Å². The van der Waals surface area contributed by atoms with Gasteiger partial charge in [0.25, 0.3) is 11.7 Å². The summed E-state index contributed by atoms with van der Waals surface area (Å²) in [6.07, 6.45) is 0. The fraction of sp³-hybridized carbons (Fsp3) is 0.120. The second-order valence-corrected chi connectivity index (χ2v) is 7.99. The lowest BCUT2D eigenvalue weighted by Crippen LogP contribution is -2.29. The zero-order chi connectivity index (χ0) is 23.9. The Hall–Kier alpha value is -3.97. The number of ether oxygens (including phenoxy) is 1. The maximum absolute atomic E-state index is 13.2. The summed E-state index contributed by atoms with van der Waals surface area (Å²) in [7, 11) is 1.38. The molecule has 1 aliphatic rings. The zero-order valence-electron chi connectivity index (χ0n) is 17.7. The molecule has 1 unspecified atom stereocenters. The smallest absolute Gasteiger partial charge is 0.300 e. The lowest BCUT2D eigenvalue weighted by atomic mass is 9.94. The third-order valence-corrected chi connectivity index (χ3v) is 5.70. The largest absolute Gasteiger partial charge is 0.508 e. The number of phenolic OH excluding ortho intramolecular Hbond substituents is 2. The number of amides is 1. The summed E-state index contributed by atoms with van der Waals surface area (Å²) in [5.41, 5.74) is 1.06. The highest BCUT2D eigenvalue weighted by molar-refractivity contribution is 6.52. The number of para-hydroxylation sites is 2. The van der Waals surface area contributed by atoms with E-state index in [1.807, 2.05) is 0 Å². The standard InChI is InChI=1S/C25H20ClNO6/c1-13-10-16(24(33-2)17(26)11-13)22(30)20-21(14-6-5-7-15(28)12-14)27(25(32)23(20)31)18-8-3-4-9-19(18)29/h3-12,21,28-30H,1-2H3/b22-20+. The number of hydrogen-bond acceptors (Lipinski definition) is 6. The molecule has 1 fully saturated rings. The SMILES string of the molecule is COc1c(Cl)cc(C)cc1/C(O)=C1\C(=O)C(=O)N(c2ccccc2O)C1c1cccc(O)c1. The number of ketones is 1. The number of aromatic hydroxyl groups is 2. The van der Waals surface area contributed by atoms with E-state index < -0.39 is 23.5 Å². The van der Waals surface area contributed by atoms with Crippen LogP contribution in [-0.4, -0.2) is 34.1 Å². The van der Waals surface area contributed by atoms with Gasteiger partial charge in [-0.05, 0) is 54.4 Å². The Kier molecular flexibility index (Phi) is 5.74. The highest BCUT2D eigenvalue weighted by Crippen LogP contribution is 2.46. The number of carbonyl (C=O) groups is 2. The summed E-state index contributed by atoms with van der Waals surface area (Å²) in [5.74, 6) is -2.55. The number of nitrogens with zero attached hydrogens (tertiary/aromatic N) is 1. The molecule has 1 heterocycles. The second-order valence-electron chi connectivity index (χ2n) is 7.58. The number of methoxy groups -OCH3 is 1. The summed E-state index contributed by atoms with van der Waals surface area (Å²) in [6.45, 7) is 1.76. The van der Waals surface area contributed by atoms with Gasteiger partial charge in [0.15, 0.2) is 0 Å². The summed E-state index contributed by atoms with van der Waals surface area (Å²) < 4.78 is 5.35. The van der Waals surface area contributed by atoms with Crippen molar-refractivity contribution >= 4 is 34.7 Å². The predicted molar refractivity (Wildman–Crippen MR) is 124 cm³/mol. The second kappa shape index (κ2) is 8.52. The van der Waals surface area contributed by atoms with Gasteiger partial charge in [-0.1, -0.05) is 35.9 Å². The van der Waals surface area contributed by atoms with Gasteiger partial charge in [0.2, 0.25) is 0 Å². The topological polar surface area (TPSA) is 107 Å². The van der Waals surface area contributed by atoms with E-state index in [9.17, 15) is 24.9 Å². The Labute approximate surface area is 194 Å². The van der Waals surface area contributed by atoms with Crippen LogP contribution in [0.15, 0.2) is 66.2 Å². The molecule has 0 aromatic heterocycles. The number of carbonyl (C=O) groups excluding carboxylic acids is 2. The van der Waals surface area contributed by atoms with Crippen molar-refractivity contribution in [2.75, 3.05) is 12.0 Å². The lowest BCUT2D eigenvalue weighted by molar-refractivity contribution is -0.132. The molecule has 1 amide bonds. The fourth-order valence-corrected chi connectivity index (χ4v) is 4.37. The Morgan fingerprint density at radius 2 is 1.76 bits per heavy atom. The molecule has 3 N–H and O–H groups in total. The van der Waals surface area contributed by atoms with Gasteiger partial charge in [0, 0.05) is 0 Å². The van der Waals surface area contributed by atoms with E-state index in [4.69, 9.17) is 16.3 Å². The van der Waals surface area contributed by atoms with Crippen molar-refractivity contribution in [2.24, 2.45) is 0 Å². The van der Waals surface area contributed by atoms with Gasteiger partial charge >= 0.3 is 0 Å². The fourth-order valence-electron chi connectivity index (χ4n) is 4.02. The van der Waals surface area contributed by atoms with E-state index in [0.29, 0.717) is 11.1 Å². The van der Waals surface area contributed by atoms with Crippen LogP contribution in [-0.2, 0) is 9.59 Å². The van der Waals surface area contributed by atoms with Crippen LogP contribution in [0.1, 0.15) is 22.7 Å². The normalized spacial score (nSPS) is 17.4. The van der Waals surface area contributed by atoms with Crippen molar-refractivity contribution in [2.45, 2.75) is 13.0 Å². The molecule has 1 atom stereocenters.